The molecule has 0 saturated heterocycles. The fourth-order valence-corrected chi connectivity index (χ4v) is 3.64. The van der Waals surface area contributed by atoms with Crippen molar-refractivity contribution in [2.45, 2.75) is 91.9 Å². The van der Waals surface area contributed by atoms with Crippen molar-refractivity contribution in [2.75, 3.05) is 0 Å². The zero-order chi connectivity index (χ0) is 13.4. The van der Waals surface area contributed by atoms with Crippen LogP contribution in [-0.2, 0) is 0 Å². The smallest absolute Gasteiger partial charge is 0.0386 e. The van der Waals surface area contributed by atoms with Gasteiger partial charge in [0, 0.05) is 0 Å². The topological polar surface area (TPSA) is 0 Å². The third kappa shape index (κ3) is 6.25. The molecule has 0 amide bonds. The van der Waals surface area contributed by atoms with Crippen LogP contribution >= 0.6 is 0 Å². The van der Waals surface area contributed by atoms with Crippen molar-refractivity contribution in [3.8, 4) is 0 Å². The summed E-state index contributed by atoms with van der Waals surface area (Å²) in [4.78, 5) is 0. The van der Waals surface area contributed by atoms with Gasteiger partial charge in [0.15, 0.2) is 0 Å². The Balaban J connectivity index is 2.46. The molecule has 1 aliphatic rings. The summed E-state index contributed by atoms with van der Waals surface area (Å²) in [5.74, 6) is 3.87. The maximum Gasteiger partial charge on any atom is -0.0386 e. The van der Waals surface area contributed by atoms with Gasteiger partial charge in [-0.05, 0) is 30.1 Å². The van der Waals surface area contributed by atoms with Crippen LogP contribution in [0, 0.1) is 23.7 Å². The van der Waals surface area contributed by atoms with Crippen LogP contribution in [-0.4, -0.2) is 0 Å². The Labute approximate surface area is 116 Å². The van der Waals surface area contributed by atoms with E-state index in [2.05, 4.69) is 27.7 Å². The van der Waals surface area contributed by atoms with Crippen LogP contribution in [0.25, 0.3) is 0 Å². The highest BCUT2D eigenvalue weighted by molar-refractivity contribution is 4.70. The summed E-state index contributed by atoms with van der Waals surface area (Å²) in [6.45, 7) is 9.79. The second-order valence-corrected chi connectivity index (χ2v) is 7.16. The number of rotatable bonds is 2. The van der Waals surface area contributed by atoms with E-state index in [0.717, 1.165) is 23.7 Å². The molecule has 108 valence electrons. The molecule has 0 heteroatoms. The van der Waals surface area contributed by atoms with E-state index in [9.17, 15) is 0 Å². The lowest BCUT2D eigenvalue weighted by Crippen LogP contribution is -2.15. The standard InChI is InChI=1S/C18H36/c1-5-17(4)18-13-8-6-7-10-15(2)11-9-12-16(3)14-18/h15-18H,5-14H2,1-4H3. The first-order valence-electron chi connectivity index (χ1n) is 8.63. The molecule has 0 bridgehead atoms. The first-order chi connectivity index (χ1) is 8.63. The maximum absolute atomic E-state index is 2.49. The molecule has 0 nitrogen and oxygen atoms in total. The molecule has 0 aromatic heterocycles. The summed E-state index contributed by atoms with van der Waals surface area (Å²) in [5.41, 5.74) is 0. The molecule has 0 aromatic carbocycles. The number of hydrogen-bond acceptors (Lipinski definition) is 0. The van der Waals surface area contributed by atoms with Gasteiger partial charge < -0.3 is 0 Å². The van der Waals surface area contributed by atoms with Crippen LogP contribution < -0.4 is 0 Å². The molecule has 1 aliphatic carbocycles. The molecule has 4 atom stereocenters. The first kappa shape index (κ1) is 16.1. The Morgan fingerprint density at radius 3 is 2.17 bits per heavy atom. The van der Waals surface area contributed by atoms with Gasteiger partial charge in [0.05, 0.1) is 0 Å². The fraction of sp³-hybridized carbons (Fsp3) is 1.00. The van der Waals surface area contributed by atoms with E-state index in [0.29, 0.717) is 0 Å². The maximum atomic E-state index is 2.49. The van der Waals surface area contributed by atoms with Gasteiger partial charge >= 0.3 is 0 Å². The molecular formula is C18H36. The van der Waals surface area contributed by atoms with Crippen molar-refractivity contribution < 1.29 is 0 Å². The Morgan fingerprint density at radius 2 is 1.44 bits per heavy atom. The van der Waals surface area contributed by atoms with Crippen molar-refractivity contribution in [3.05, 3.63) is 0 Å². The van der Waals surface area contributed by atoms with Gasteiger partial charge in [-0.15, -0.1) is 0 Å². The fourth-order valence-electron chi connectivity index (χ4n) is 3.64. The summed E-state index contributed by atoms with van der Waals surface area (Å²) in [5, 5.41) is 0. The van der Waals surface area contributed by atoms with Crippen LogP contribution in [0.15, 0.2) is 0 Å². The Bertz CT molecular complexity index is 196. The minimum absolute atomic E-state index is 0.939. The molecule has 0 aliphatic heterocycles. The third-order valence-electron chi connectivity index (χ3n) is 5.32. The monoisotopic (exact) mass is 252 g/mol. The molecule has 1 fully saturated rings. The zero-order valence-corrected chi connectivity index (χ0v) is 13.4. The number of hydrogen-bond donors (Lipinski definition) is 0. The normalized spacial score (nSPS) is 34.3. The second kappa shape index (κ2) is 8.99. The largest absolute Gasteiger partial charge is 0.0651 e. The second-order valence-electron chi connectivity index (χ2n) is 7.16. The van der Waals surface area contributed by atoms with Gasteiger partial charge in [0.1, 0.15) is 0 Å². The lowest BCUT2D eigenvalue weighted by Gasteiger charge is -2.27. The van der Waals surface area contributed by atoms with Crippen LogP contribution in [0.3, 0.4) is 0 Å². The van der Waals surface area contributed by atoms with Crippen molar-refractivity contribution >= 4 is 0 Å². The molecule has 1 saturated carbocycles. The van der Waals surface area contributed by atoms with E-state index in [1.807, 2.05) is 0 Å². The molecule has 0 heterocycles. The van der Waals surface area contributed by atoms with Crippen LogP contribution in [0.4, 0.5) is 0 Å². The highest BCUT2D eigenvalue weighted by Crippen LogP contribution is 2.31. The molecule has 4 unspecified atom stereocenters. The summed E-state index contributed by atoms with van der Waals surface area (Å²) >= 11 is 0. The molecule has 0 aromatic rings. The highest BCUT2D eigenvalue weighted by Gasteiger charge is 2.19. The quantitative estimate of drug-likeness (QED) is 0.530. The van der Waals surface area contributed by atoms with Gasteiger partial charge in [0.2, 0.25) is 0 Å². The van der Waals surface area contributed by atoms with Crippen LogP contribution in [0.1, 0.15) is 91.9 Å². The molecule has 0 radical (unpaired) electrons. The van der Waals surface area contributed by atoms with Gasteiger partial charge in [-0.2, -0.15) is 0 Å². The van der Waals surface area contributed by atoms with E-state index < -0.39 is 0 Å². The summed E-state index contributed by atoms with van der Waals surface area (Å²) in [6.07, 6.45) is 14.7. The van der Waals surface area contributed by atoms with E-state index in [4.69, 9.17) is 0 Å². The highest BCUT2D eigenvalue weighted by atomic mass is 14.2. The van der Waals surface area contributed by atoms with E-state index in [1.165, 1.54) is 64.2 Å². The predicted molar refractivity (Wildman–Crippen MR) is 82.8 cm³/mol. The Kier molecular flexibility index (Phi) is 8.02. The minimum Gasteiger partial charge on any atom is -0.0651 e. The Morgan fingerprint density at radius 1 is 0.833 bits per heavy atom. The summed E-state index contributed by atoms with van der Waals surface area (Å²) in [6, 6.07) is 0. The lowest BCUT2D eigenvalue weighted by atomic mass is 9.79. The van der Waals surface area contributed by atoms with Gasteiger partial charge in [-0.25, -0.2) is 0 Å². The van der Waals surface area contributed by atoms with Gasteiger partial charge in [0.25, 0.3) is 0 Å². The van der Waals surface area contributed by atoms with E-state index >= 15 is 0 Å². The van der Waals surface area contributed by atoms with Gasteiger partial charge in [-0.3, -0.25) is 0 Å². The van der Waals surface area contributed by atoms with E-state index in [1.54, 1.807) is 0 Å². The van der Waals surface area contributed by atoms with Crippen LogP contribution in [0.5, 0.6) is 0 Å². The molecule has 1 rings (SSSR count). The first-order valence-corrected chi connectivity index (χ1v) is 8.63. The zero-order valence-electron chi connectivity index (χ0n) is 13.4. The summed E-state index contributed by atoms with van der Waals surface area (Å²) < 4.78 is 0. The SMILES string of the molecule is CCC(C)C1CCCCCC(C)CCCC(C)C1. The average molecular weight is 252 g/mol. The molecule has 0 N–H and O–H groups in total. The molecule has 18 heavy (non-hydrogen) atoms. The van der Waals surface area contributed by atoms with Crippen molar-refractivity contribution in [3.63, 3.8) is 0 Å². The molecule has 0 spiro atoms. The predicted octanol–water partition coefficient (Wildman–Crippen LogP) is 6.45. The lowest BCUT2D eigenvalue weighted by molar-refractivity contribution is 0.245. The minimum atomic E-state index is 0.939. The van der Waals surface area contributed by atoms with Gasteiger partial charge in [-0.1, -0.05) is 85.5 Å². The third-order valence-corrected chi connectivity index (χ3v) is 5.32. The average Bonchev–Trinajstić information content (AvgIpc) is 2.34. The Hall–Kier alpha value is 0. The van der Waals surface area contributed by atoms with E-state index in [-0.39, 0.29) is 0 Å². The van der Waals surface area contributed by atoms with Crippen molar-refractivity contribution in [2.24, 2.45) is 23.7 Å². The summed E-state index contributed by atoms with van der Waals surface area (Å²) in [7, 11) is 0. The van der Waals surface area contributed by atoms with Crippen molar-refractivity contribution in [1.29, 1.82) is 0 Å². The van der Waals surface area contributed by atoms with Crippen LogP contribution in [0.2, 0.25) is 0 Å². The van der Waals surface area contributed by atoms with Crippen molar-refractivity contribution in [1.82, 2.24) is 0 Å². The molecular weight excluding hydrogens is 216 g/mol.